The van der Waals surface area contributed by atoms with Gasteiger partial charge in [-0.1, -0.05) is 27.7 Å². The molecule has 9 heteroatoms. The third-order valence-corrected chi connectivity index (χ3v) is 4.99. The summed E-state index contributed by atoms with van der Waals surface area (Å²) >= 11 is 0. The molecule has 0 radical (unpaired) electrons. The van der Waals surface area contributed by atoms with Crippen molar-refractivity contribution in [2.24, 2.45) is 7.05 Å². The zero-order valence-corrected chi connectivity index (χ0v) is 16.7. The summed E-state index contributed by atoms with van der Waals surface area (Å²) in [7, 11) is -0.410. The smallest absolute Gasteiger partial charge is 0.307 e. The van der Waals surface area contributed by atoms with Crippen LogP contribution in [-0.4, -0.2) is 26.3 Å². The first-order chi connectivity index (χ1) is 12.6. The Morgan fingerprint density at radius 3 is 2.19 bits per heavy atom. The van der Waals surface area contributed by atoms with Gasteiger partial charge in [0.15, 0.2) is 22.3 Å². The molecule has 7 nitrogen and oxygen atoms in total. The number of rotatable bonds is 6. The number of hydrogen-bond donors (Lipinski definition) is 2. The van der Waals surface area contributed by atoms with Gasteiger partial charge in [-0.25, -0.2) is 13.4 Å². The van der Waals surface area contributed by atoms with Crippen molar-refractivity contribution in [1.82, 2.24) is 14.5 Å². The normalized spacial score (nSPS) is 12.3. The van der Waals surface area contributed by atoms with E-state index < -0.39 is 17.0 Å². The monoisotopic (exact) mass is 394 g/mol. The van der Waals surface area contributed by atoms with Gasteiger partial charge < -0.3 is 5.32 Å². The number of aromatic nitrogens is 2. The SMILES string of the molecule is CC(C)c1cc(F)cc(C(C)C)c1NC(=O)NS(=O)c1cc(C=O)n(C)n1. The Balaban J connectivity index is 2.26. The van der Waals surface area contributed by atoms with Gasteiger partial charge in [0.05, 0.1) is 0 Å². The highest BCUT2D eigenvalue weighted by molar-refractivity contribution is 7.83. The van der Waals surface area contributed by atoms with Crippen LogP contribution in [0.1, 0.15) is 61.1 Å². The van der Waals surface area contributed by atoms with Crippen LogP contribution in [0, 0.1) is 5.82 Å². The molecule has 27 heavy (non-hydrogen) atoms. The van der Waals surface area contributed by atoms with Crippen molar-refractivity contribution in [3.63, 3.8) is 0 Å². The molecular formula is C18H23FN4O3S. The van der Waals surface area contributed by atoms with Gasteiger partial charge in [-0.05, 0) is 35.1 Å². The Bertz CT molecular complexity index is 864. The predicted octanol–water partition coefficient (Wildman–Crippen LogP) is 3.46. The molecule has 1 heterocycles. The van der Waals surface area contributed by atoms with E-state index in [1.54, 1.807) is 0 Å². The Morgan fingerprint density at radius 1 is 1.19 bits per heavy atom. The molecule has 146 valence electrons. The number of benzene rings is 1. The Hall–Kier alpha value is -2.55. The maximum Gasteiger partial charge on any atom is 0.331 e. The molecule has 2 aromatic rings. The average molecular weight is 394 g/mol. The molecule has 0 fully saturated rings. The fourth-order valence-corrected chi connectivity index (χ4v) is 3.38. The highest BCUT2D eigenvalue weighted by Crippen LogP contribution is 2.33. The molecule has 2 rings (SSSR count). The van der Waals surface area contributed by atoms with Gasteiger partial charge in [0.2, 0.25) is 0 Å². The molecule has 0 aliphatic rings. The molecule has 0 spiro atoms. The minimum absolute atomic E-state index is 0.0232. The van der Waals surface area contributed by atoms with E-state index in [0.717, 1.165) is 0 Å². The van der Waals surface area contributed by atoms with Crippen LogP contribution in [0.4, 0.5) is 14.9 Å². The molecule has 1 aromatic heterocycles. The molecule has 0 saturated carbocycles. The second kappa shape index (κ2) is 8.43. The van der Waals surface area contributed by atoms with Gasteiger partial charge >= 0.3 is 6.03 Å². The first kappa shape index (κ1) is 20.8. The van der Waals surface area contributed by atoms with Crippen LogP contribution >= 0.6 is 0 Å². The van der Waals surface area contributed by atoms with Gasteiger partial charge in [-0.15, -0.1) is 0 Å². The fraction of sp³-hybridized carbons (Fsp3) is 0.389. The van der Waals surface area contributed by atoms with Crippen LogP contribution in [0.25, 0.3) is 0 Å². The summed E-state index contributed by atoms with van der Waals surface area (Å²) in [6, 6.07) is 3.40. The van der Waals surface area contributed by atoms with E-state index >= 15 is 0 Å². The minimum atomic E-state index is -1.94. The van der Waals surface area contributed by atoms with Gasteiger partial charge in [-0.3, -0.25) is 14.2 Å². The minimum Gasteiger partial charge on any atom is -0.307 e. The quantitative estimate of drug-likeness (QED) is 0.734. The van der Waals surface area contributed by atoms with E-state index in [2.05, 4.69) is 15.1 Å². The van der Waals surface area contributed by atoms with Gasteiger partial charge in [0.1, 0.15) is 11.5 Å². The van der Waals surface area contributed by atoms with E-state index in [1.807, 2.05) is 27.7 Å². The van der Waals surface area contributed by atoms with E-state index in [0.29, 0.717) is 23.1 Å². The maximum atomic E-state index is 14.0. The zero-order valence-electron chi connectivity index (χ0n) is 15.9. The third kappa shape index (κ3) is 4.79. The fourth-order valence-electron chi connectivity index (χ4n) is 2.64. The Labute approximate surface area is 159 Å². The molecule has 1 atom stereocenters. The van der Waals surface area contributed by atoms with Crippen LogP contribution < -0.4 is 10.0 Å². The number of urea groups is 1. The van der Waals surface area contributed by atoms with Crippen molar-refractivity contribution in [3.8, 4) is 0 Å². The number of hydrogen-bond acceptors (Lipinski definition) is 4. The maximum absolute atomic E-state index is 14.0. The number of anilines is 1. The number of nitrogens with one attached hydrogen (secondary N) is 2. The summed E-state index contributed by atoms with van der Waals surface area (Å²) in [6.07, 6.45) is 0.579. The van der Waals surface area contributed by atoms with Crippen molar-refractivity contribution >= 4 is 29.0 Å². The highest BCUT2D eigenvalue weighted by atomic mass is 32.2. The lowest BCUT2D eigenvalue weighted by molar-refractivity contribution is 0.111. The number of halogens is 1. The van der Waals surface area contributed by atoms with Gasteiger partial charge in [0.25, 0.3) is 0 Å². The number of aryl methyl sites for hydroxylation is 1. The van der Waals surface area contributed by atoms with Crippen LogP contribution in [-0.2, 0) is 18.0 Å². The molecule has 2 amide bonds. The predicted molar refractivity (Wildman–Crippen MR) is 102 cm³/mol. The number of amides is 2. The van der Waals surface area contributed by atoms with E-state index in [4.69, 9.17) is 0 Å². The molecule has 0 aliphatic carbocycles. The van der Waals surface area contributed by atoms with Crippen molar-refractivity contribution in [2.75, 3.05) is 5.32 Å². The lowest BCUT2D eigenvalue weighted by atomic mass is 9.92. The highest BCUT2D eigenvalue weighted by Gasteiger charge is 2.20. The summed E-state index contributed by atoms with van der Waals surface area (Å²) in [5.74, 6) is -0.415. The van der Waals surface area contributed by atoms with Crippen LogP contribution in [0.5, 0.6) is 0 Å². The molecule has 0 saturated heterocycles. The number of carbonyl (C=O) groups is 2. The molecule has 0 bridgehead atoms. The lowest BCUT2D eigenvalue weighted by Crippen LogP contribution is -2.31. The number of carbonyl (C=O) groups excluding carboxylic acids is 2. The standard InChI is InChI=1S/C18H23FN4O3S/c1-10(2)14-6-12(19)7-15(11(3)4)17(14)20-18(25)22-27(26)16-8-13(9-24)23(5)21-16/h6-11H,1-5H3,(H2,20,22,25). The van der Waals surface area contributed by atoms with Gasteiger partial charge in [-0.2, -0.15) is 5.10 Å². The Kier molecular flexibility index (Phi) is 6.48. The van der Waals surface area contributed by atoms with Crippen molar-refractivity contribution in [1.29, 1.82) is 0 Å². The Morgan fingerprint density at radius 2 is 1.74 bits per heavy atom. The van der Waals surface area contributed by atoms with E-state index in [1.165, 1.54) is 29.9 Å². The molecule has 1 unspecified atom stereocenters. The molecule has 1 aromatic carbocycles. The van der Waals surface area contributed by atoms with Crippen molar-refractivity contribution in [3.05, 3.63) is 40.8 Å². The zero-order chi connectivity index (χ0) is 20.3. The van der Waals surface area contributed by atoms with Crippen LogP contribution in [0.2, 0.25) is 0 Å². The summed E-state index contributed by atoms with van der Waals surface area (Å²) in [5, 5.41) is 6.69. The molecular weight excluding hydrogens is 371 g/mol. The van der Waals surface area contributed by atoms with Crippen molar-refractivity contribution < 1.29 is 18.2 Å². The lowest BCUT2D eigenvalue weighted by Gasteiger charge is -2.20. The number of aldehydes is 1. The third-order valence-electron chi connectivity index (χ3n) is 4.04. The topological polar surface area (TPSA) is 93.1 Å². The van der Waals surface area contributed by atoms with E-state index in [-0.39, 0.29) is 28.4 Å². The first-order valence-corrected chi connectivity index (χ1v) is 9.61. The molecule has 0 aliphatic heterocycles. The number of nitrogens with zero attached hydrogens (tertiary/aromatic N) is 2. The molecule has 2 N–H and O–H groups in total. The first-order valence-electron chi connectivity index (χ1n) is 8.46. The van der Waals surface area contributed by atoms with Crippen LogP contribution in [0.3, 0.4) is 0 Å². The second-order valence-corrected chi connectivity index (χ2v) is 7.90. The average Bonchev–Trinajstić information content (AvgIpc) is 2.96. The summed E-state index contributed by atoms with van der Waals surface area (Å²) in [5.41, 5.74) is 2.05. The van der Waals surface area contributed by atoms with Crippen LogP contribution in [0.15, 0.2) is 23.2 Å². The summed E-state index contributed by atoms with van der Waals surface area (Å²) in [4.78, 5) is 23.2. The van der Waals surface area contributed by atoms with E-state index in [9.17, 15) is 18.2 Å². The summed E-state index contributed by atoms with van der Waals surface area (Å²) < 4.78 is 29.8. The second-order valence-electron chi connectivity index (χ2n) is 6.74. The van der Waals surface area contributed by atoms with Crippen molar-refractivity contribution in [2.45, 2.75) is 44.6 Å². The van der Waals surface area contributed by atoms with Gasteiger partial charge in [0, 0.05) is 18.8 Å². The largest absolute Gasteiger partial charge is 0.331 e. The summed E-state index contributed by atoms with van der Waals surface area (Å²) in [6.45, 7) is 7.59.